The Hall–Kier alpha value is -1.38. The number of aromatic nitrogens is 1. The molecule has 0 radical (unpaired) electrons. The van der Waals surface area contributed by atoms with Gasteiger partial charge in [-0.05, 0) is 23.6 Å². The summed E-state index contributed by atoms with van der Waals surface area (Å²) in [5.41, 5.74) is 1.11. The third-order valence-corrected chi connectivity index (χ3v) is 10.9. The van der Waals surface area contributed by atoms with Crippen LogP contribution in [0.3, 0.4) is 0 Å². The predicted octanol–water partition coefficient (Wildman–Crippen LogP) is 5.76. The molecule has 1 aromatic heterocycles. The molecule has 0 aliphatic heterocycles. The van der Waals surface area contributed by atoms with Gasteiger partial charge >= 0.3 is 0 Å². The summed E-state index contributed by atoms with van der Waals surface area (Å²) in [5, 5.41) is 5.93. The lowest BCUT2D eigenvalue weighted by molar-refractivity contribution is 1.18. The SMILES string of the molecule is CC[Si](CC)(CC)c1nc2ccccc2c2ccc(Cl)cc12. The fourth-order valence-electron chi connectivity index (χ4n) is 3.58. The van der Waals surface area contributed by atoms with Crippen molar-refractivity contribution in [1.82, 2.24) is 4.98 Å². The lowest BCUT2D eigenvalue weighted by Gasteiger charge is -2.29. The van der Waals surface area contributed by atoms with Crippen molar-refractivity contribution in [1.29, 1.82) is 0 Å². The van der Waals surface area contributed by atoms with Crippen LogP contribution in [-0.4, -0.2) is 13.1 Å². The van der Waals surface area contributed by atoms with E-state index in [9.17, 15) is 0 Å². The van der Waals surface area contributed by atoms with Gasteiger partial charge in [-0.25, -0.2) is 0 Å². The molecule has 0 bridgehead atoms. The first-order valence-corrected chi connectivity index (χ1v) is 11.1. The molecule has 3 heteroatoms. The van der Waals surface area contributed by atoms with Crippen LogP contribution in [0.1, 0.15) is 20.8 Å². The highest BCUT2D eigenvalue weighted by atomic mass is 35.5. The van der Waals surface area contributed by atoms with E-state index in [2.05, 4.69) is 57.2 Å². The molecule has 0 unspecified atom stereocenters. The highest BCUT2D eigenvalue weighted by molar-refractivity contribution is 6.92. The van der Waals surface area contributed by atoms with Gasteiger partial charge in [0.1, 0.15) is 8.07 Å². The van der Waals surface area contributed by atoms with E-state index in [1.54, 1.807) is 0 Å². The van der Waals surface area contributed by atoms with Crippen LogP contribution in [0, 0.1) is 0 Å². The van der Waals surface area contributed by atoms with Gasteiger partial charge in [-0.2, -0.15) is 0 Å². The molecule has 2 aromatic carbocycles. The Morgan fingerprint density at radius 2 is 1.55 bits per heavy atom. The van der Waals surface area contributed by atoms with Gasteiger partial charge < -0.3 is 0 Å². The highest BCUT2D eigenvalue weighted by Gasteiger charge is 2.33. The van der Waals surface area contributed by atoms with Crippen molar-refractivity contribution in [3.8, 4) is 0 Å². The average molecular weight is 328 g/mol. The Morgan fingerprint density at radius 1 is 0.864 bits per heavy atom. The van der Waals surface area contributed by atoms with Crippen molar-refractivity contribution in [3.05, 3.63) is 47.5 Å². The molecule has 1 nitrogen and oxygen atoms in total. The van der Waals surface area contributed by atoms with Gasteiger partial charge in [0.15, 0.2) is 0 Å². The van der Waals surface area contributed by atoms with E-state index in [4.69, 9.17) is 16.6 Å². The monoisotopic (exact) mass is 327 g/mol. The van der Waals surface area contributed by atoms with E-state index < -0.39 is 8.07 Å². The zero-order valence-electron chi connectivity index (χ0n) is 13.5. The zero-order valence-corrected chi connectivity index (χ0v) is 15.2. The number of benzene rings is 2. The van der Waals surface area contributed by atoms with E-state index in [-0.39, 0.29) is 0 Å². The van der Waals surface area contributed by atoms with Gasteiger partial charge in [0.25, 0.3) is 0 Å². The zero-order chi connectivity index (χ0) is 15.7. The Labute approximate surface area is 138 Å². The standard InChI is InChI=1S/C19H22ClNSi/c1-4-22(5-2,6-3)19-17-13-14(20)11-12-15(17)16-9-7-8-10-18(16)21-19/h7-13H,4-6H2,1-3H3. The van der Waals surface area contributed by atoms with E-state index in [1.165, 1.54) is 39.6 Å². The van der Waals surface area contributed by atoms with Crippen LogP contribution in [0.2, 0.25) is 23.2 Å². The third kappa shape index (κ3) is 2.35. The molecule has 0 atom stereocenters. The molecule has 0 aliphatic carbocycles. The summed E-state index contributed by atoms with van der Waals surface area (Å²) in [7, 11) is -1.57. The van der Waals surface area contributed by atoms with E-state index in [0.29, 0.717) is 0 Å². The topological polar surface area (TPSA) is 12.9 Å². The molecular weight excluding hydrogens is 306 g/mol. The van der Waals surface area contributed by atoms with Gasteiger partial charge in [0.2, 0.25) is 0 Å². The Morgan fingerprint density at radius 3 is 2.23 bits per heavy atom. The number of halogens is 1. The molecule has 0 N–H and O–H groups in total. The van der Waals surface area contributed by atoms with Crippen molar-refractivity contribution in [2.24, 2.45) is 0 Å². The Balaban J connectivity index is 2.48. The predicted molar refractivity (Wildman–Crippen MR) is 101 cm³/mol. The van der Waals surface area contributed by atoms with Gasteiger partial charge in [-0.15, -0.1) is 0 Å². The lowest BCUT2D eigenvalue weighted by atomic mass is 10.1. The minimum absolute atomic E-state index is 0.803. The maximum atomic E-state index is 6.31. The number of rotatable bonds is 4. The third-order valence-electron chi connectivity index (χ3n) is 5.20. The van der Waals surface area contributed by atoms with Crippen molar-refractivity contribution in [2.75, 3.05) is 0 Å². The number of pyridine rings is 1. The molecule has 114 valence electrons. The van der Waals surface area contributed by atoms with Crippen LogP contribution in [-0.2, 0) is 0 Å². The number of hydrogen-bond donors (Lipinski definition) is 0. The van der Waals surface area contributed by atoms with Crippen molar-refractivity contribution < 1.29 is 0 Å². The summed E-state index contributed by atoms with van der Waals surface area (Å²) in [5.74, 6) is 0. The Kier molecular flexibility index (Phi) is 4.24. The first kappa shape index (κ1) is 15.5. The van der Waals surface area contributed by atoms with Crippen LogP contribution < -0.4 is 5.32 Å². The van der Waals surface area contributed by atoms with Crippen LogP contribution in [0.25, 0.3) is 21.7 Å². The molecule has 0 spiro atoms. The second-order valence-corrected chi connectivity index (χ2v) is 11.6. The van der Waals surface area contributed by atoms with Gasteiger partial charge in [0, 0.05) is 21.1 Å². The maximum Gasteiger partial charge on any atom is 0.110 e. The molecule has 0 aliphatic rings. The summed E-state index contributed by atoms with van der Waals surface area (Å²) in [6.45, 7) is 6.98. The summed E-state index contributed by atoms with van der Waals surface area (Å²) >= 11 is 6.31. The first-order chi connectivity index (χ1) is 10.6. The summed E-state index contributed by atoms with van der Waals surface area (Å²) in [6, 6.07) is 18.4. The molecule has 1 heterocycles. The van der Waals surface area contributed by atoms with Crippen molar-refractivity contribution in [2.45, 2.75) is 38.9 Å². The second kappa shape index (κ2) is 6.02. The first-order valence-electron chi connectivity index (χ1n) is 8.13. The number of fused-ring (bicyclic) bond motifs is 3. The summed E-state index contributed by atoms with van der Waals surface area (Å²) < 4.78 is 0. The molecule has 0 saturated heterocycles. The van der Waals surface area contributed by atoms with Crippen molar-refractivity contribution >= 4 is 46.7 Å². The van der Waals surface area contributed by atoms with Crippen LogP contribution in [0.4, 0.5) is 0 Å². The van der Waals surface area contributed by atoms with Crippen LogP contribution >= 0.6 is 11.6 Å². The minimum Gasteiger partial charge on any atom is -0.257 e. The number of para-hydroxylation sites is 1. The molecule has 0 fully saturated rings. The van der Waals surface area contributed by atoms with E-state index in [1.807, 2.05) is 6.07 Å². The molecule has 22 heavy (non-hydrogen) atoms. The normalized spacial score (nSPS) is 12.2. The molecular formula is C19H22ClNSi. The minimum atomic E-state index is -1.57. The molecule has 0 saturated carbocycles. The Bertz CT molecular complexity index is 816. The van der Waals surface area contributed by atoms with Gasteiger partial charge in [-0.3, -0.25) is 4.98 Å². The van der Waals surface area contributed by atoms with E-state index >= 15 is 0 Å². The van der Waals surface area contributed by atoms with Crippen LogP contribution in [0.15, 0.2) is 42.5 Å². The van der Waals surface area contributed by atoms with Crippen LogP contribution in [0.5, 0.6) is 0 Å². The van der Waals surface area contributed by atoms with Gasteiger partial charge in [-0.1, -0.05) is 74.8 Å². The molecule has 0 amide bonds. The van der Waals surface area contributed by atoms with Crippen molar-refractivity contribution in [3.63, 3.8) is 0 Å². The second-order valence-electron chi connectivity index (χ2n) is 6.01. The number of nitrogens with zero attached hydrogens (tertiary/aromatic N) is 1. The molecule has 3 rings (SSSR count). The maximum absolute atomic E-state index is 6.31. The summed E-state index contributed by atoms with van der Waals surface area (Å²) in [4.78, 5) is 5.13. The fourth-order valence-corrected chi connectivity index (χ4v) is 7.40. The quantitative estimate of drug-likeness (QED) is 0.438. The number of hydrogen-bond acceptors (Lipinski definition) is 1. The van der Waals surface area contributed by atoms with E-state index in [0.717, 1.165) is 10.5 Å². The van der Waals surface area contributed by atoms with Gasteiger partial charge in [0.05, 0.1) is 5.52 Å². The highest BCUT2D eigenvalue weighted by Crippen LogP contribution is 2.29. The summed E-state index contributed by atoms with van der Waals surface area (Å²) in [6.07, 6.45) is 0. The molecule has 3 aromatic rings. The fraction of sp³-hybridized carbons (Fsp3) is 0.316. The largest absolute Gasteiger partial charge is 0.257 e. The average Bonchev–Trinajstić information content (AvgIpc) is 2.56. The lowest BCUT2D eigenvalue weighted by Crippen LogP contribution is -2.48. The smallest absolute Gasteiger partial charge is 0.110 e.